The summed E-state index contributed by atoms with van der Waals surface area (Å²) in [7, 11) is -4.20. The van der Waals surface area contributed by atoms with Crippen LogP contribution in [0.1, 0.15) is 0 Å². The second-order valence-corrected chi connectivity index (χ2v) is 56.1. The van der Waals surface area contributed by atoms with E-state index in [-0.39, 0.29) is 0 Å². The van der Waals surface area contributed by atoms with Crippen molar-refractivity contribution in [3.8, 4) is 0 Å². The molecule has 0 aliphatic heterocycles. The van der Waals surface area contributed by atoms with Crippen LogP contribution >= 0.6 is 18.5 Å². The van der Waals surface area contributed by atoms with Gasteiger partial charge in [-0.1, -0.05) is 0 Å². The summed E-state index contributed by atoms with van der Waals surface area (Å²) in [6.07, 6.45) is 0. The first-order valence-electron chi connectivity index (χ1n) is 8.91. The molecule has 0 aromatic heterocycles. The van der Waals surface area contributed by atoms with Gasteiger partial charge in [0.05, 0.1) is 0 Å². The zero-order chi connectivity index (χ0) is 45.0. The molecule has 0 aliphatic rings. The van der Waals surface area contributed by atoms with Gasteiger partial charge in [-0.15, -0.1) is 0 Å². The zero-order valence-electron chi connectivity index (χ0n) is 22.5. The summed E-state index contributed by atoms with van der Waals surface area (Å²) < 4.78 is 347. The van der Waals surface area contributed by atoms with Crippen molar-refractivity contribution in [1.82, 2.24) is 0 Å². The van der Waals surface area contributed by atoms with Gasteiger partial charge in [0.2, 0.25) is 0 Å². The summed E-state index contributed by atoms with van der Waals surface area (Å²) in [4.78, 5) is 0. The van der Waals surface area contributed by atoms with Crippen LogP contribution in [0.15, 0.2) is 0 Å². The monoisotopic (exact) mass is 1940 g/mol. The number of hydrogen-bond donors (Lipinski definition) is 3. The van der Waals surface area contributed by atoms with Gasteiger partial charge in [0, 0.05) is 0 Å². The van der Waals surface area contributed by atoms with Crippen LogP contribution in [0, 0.1) is 0 Å². The van der Waals surface area contributed by atoms with Crippen molar-refractivity contribution in [2.45, 2.75) is 0 Å². The van der Waals surface area contributed by atoms with E-state index < -0.39 is 209 Å². The maximum atomic E-state index is 12.8. The minimum absolute atomic E-state index is 2.85. The molecule has 0 aliphatic carbocycles. The fraction of sp³-hybridized carbons (Fsp3) is 0. The van der Waals surface area contributed by atoms with E-state index in [4.69, 9.17) is 11.3 Å². The molecule has 0 aromatic carbocycles. The van der Waals surface area contributed by atoms with Crippen LogP contribution in [-0.2, 0) is 329 Å². The average molecular weight is 1920 g/mol. The standard InChI is InChI=1S/12Mo.Ni.H3O4P.3H2O.33O.S/c;;;;;;;;;;;;;1-5(2,3)4;;;;;;;;;;;;;;;;;;;;;;;;;;;;;;;;;;;;;/h;;;;;;;;;;;;;(H3,1,2,3,4);3*1H2;;;;;;;;;;;;;;;;;;;;;;;;;;;;;;;;;;/q;;;;;;6*+1;;;;;;;;;;;;;;;;;;;;;;;;;;;;;;;;;;;;;;;/p-6. The molecule has 55 heavy (non-hydrogen) atoms. The van der Waals surface area contributed by atoms with Crippen molar-refractivity contribution in [1.29, 1.82) is 0 Å². The molecule has 0 atom stereocenters. The Morgan fingerprint density at radius 2 is 0.418 bits per heavy atom. The van der Waals surface area contributed by atoms with Gasteiger partial charge in [0.25, 0.3) is 0 Å². The summed E-state index contributed by atoms with van der Waals surface area (Å²) in [5, 5.41) is 0. The summed E-state index contributed by atoms with van der Waals surface area (Å²) in [5.74, 6) is 0. The number of hydrogen-bond acceptors (Lipinski definition) is 38. The first-order chi connectivity index (χ1) is 23.5. The van der Waals surface area contributed by atoms with Gasteiger partial charge in [0.15, 0.2) is 0 Å². The second kappa shape index (κ2) is 21.2. The quantitative estimate of drug-likeness (QED) is 0.0613. The zero-order valence-corrected chi connectivity index (χ0v) is 49.3. The van der Waals surface area contributed by atoms with E-state index in [1.807, 2.05) is 0 Å². The molecule has 0 aromatic rings. The van der Waals surface area contributed by atoms with Crippen LogP contribution in [0.3, 0.4) is 0 Å². The first kappa shape index (κ1) is 60.9. The SMILES string of the molecule is O=P([O][Mo](=[O])(=[O])[O][Mo](=[O])(=[O])[O][Mo](=[O])(=[O])[O][Mo](=[O])(=[O])[OH])([O][Mo](=[O])(=[O])[O][Mo](=[O])(=[O])[O][Mo](=[O])(=[O])[O][Mo](=[O])(=[O])[OH])[O][Mo](=[O])(=[O])[O][Mo](=[O])(=[O])[O][Mo](=[O])(=[O])[O][Mo](=[O])(=[O])[OH].[S]=[Ni]. The molecule has 55 heteroatoms. The van der Waals surface area contributed by atoms with Crippen molar-refractivity contribution in [3.63, 3.8) is 0 Å². The van der Waals surface area contributed by atoms with Crippen LogP contribution < -0.4 is 0 Å². The Kier molecular flexibility index (Phi) is 23.5. The third-order valence-electron chi connectivity index (χ3n) is 2.06. The Hall–Kier alpha value is 3.80. The van der Waals surface area contributed by atoms with E-state index in [2.05, 4.69) is 52.4 Å². The van der Waals surface area contributed by atoms with E-state index in [1.54, 1.807) is 0 Å². The molecule has 0 saturated carbocycles. The Labute approximate surface area is 351 Å². The van der Waals surface area contributed by atoms with Crippen molar-refractivity contribution in [3.05, 3.63) is 0 Å². The molecule has 40 nitrogen and oxygen atoms in total. The predicted octanol–water partition coefficient (Wildman–Crippen LogP) is -3.98. The van der Waals surface area contributed by atoms with E-state index in [1.165, 1.54) is 0 Å². The topological polar surface area (TPSA) is 598 Å². The second-order valence-electron chi connectivity index (χ2n) is 6.24. The van der Waals surface area contributed by atoms with Crippen LogP contribution in [0.5, 0.6) is 0 Å². The third-order valence-corrected chi connectivity index (χ3v) is 62.5. The number of phosphoric acid groups is 1. The van der Waals surface area contributed by atoms with Gasteiger partial charge < -0.3 is 0 Å². The Bertz CT molecular complexity index is 2540. The minimum atomic E-state index is -8.79. The van der Waals surface area contributed by atoms with Gasteiger partial charge in [-0.25, -0.2) is 0 Å². The molecular weight excluding hydrogens is 1910 g/mol. The molecule has 0 radical (unpaired) electrons. The van der Waals surface area contributed by atoms with Crippen molar-refractivity contribution in [2.24, 2.45) is 0 Å². The van der Waals surface area contributed by atoms with Crippen molar-refractivity contribution < 1.29 is 340 Å². The molecular formula is H3Mo12NiO40PS. The third kappa shape index (κ3) is 31.3. The van der Waals surface area contributed by atoms with Gasteiger partial charge in [0.1, 0.15) is 0 Å². The maximum absolute atomic E-state index is 12.8. The molecule has 336 valence electrons. The van der Waals surface area contributed by atoms with E-state index in [0.29, 0.717) is 0 Å². The van der Waals surface area contributed by atoms with Gasteiger partial charge in [-0.05, 0) is 0 Å². The molecule has 0 unspecified atom stereocenters. The molecule has 0 bridgehead atoms. The Morgan fingerprint density at radius 3 is 0.564 bits per heavy atom. The fourth-order valence-corrected chi connectivity index (χ4v) is 60.4. The van der Waals surface area contributed by atoms with Crippen LogP contribution in [0.2, 0.25) is 0 Å². The molecule has 0 spiro atoms. The van der Waals surface area contributed by atoms with Crippen LogP contribution in [0.4, 0.5) is 0 Å². The molecule has 0 heterocycles. The number of rotatable bonds is 24. The van der Waals surface area contributed by atoms with E-state index in [0.717, 1.165) is 0 Å². The van der Waals surface area contributed by atoms with Gasteiger partial charge >= 0.3 is 359 Å². The summed E-state index contributed by atoms with van der Waals surface area (Å²) >= 11 is -93.9. The Balaban J connectivity index is 0. The molecule has 3 N–H and O–H groups in total. The van der Waals surface area contributed by atoms with Crippen molar-refractivity contribution in [2.75, 3.05) is 0 Å². The van der Waals surface area contributed by atoms with Crippen LogP contribution in [-0.4, -0.2) is 11.3 Å². The van der Waals surface area contributed by atoms with Crippen molar-refractivity contribution >= 4 is 18.5 Å². The fourth-order valence-electron chi connectivity index (χ4n) is 1.41. The predicted molar refractivity (Wildman–Crippen MR) is 51.3 cm³/mol. The summed E-state index contributed by atoms with van der Waals surface area (Å²) in [6.45, 7) is 0. The van der Waals surface area contributed by atoms with E-state index in [9.17, 15) is 86.1 Å². The van der Waals surface area contributed by atoms with Crippen LogP contribution in [0.25, 0.3) is 0 Å². The molecule has 0 fully saturated rings. The van der Waals surface area contributed by atoms with Gasteiger partial charge in [-0.3, -0.25) is 0 Å². The summed E-state index contributed by atoms with van der Waals surface area (Å²) in [5.41, 5.74) is 0. The van der Waals surface area contributed by atoms with Gasteiger partial charge in [-0.2, -0.15) is 0 Å². The summed E-state index contributed by atoms with van der Waals surface area (Å²) in [6, 6.07) is 0. The Morgan fingerprint density at radius 1 is 0.291 bits per heavy atom. The molecule has 0 rings (SSSR count). The first-order valence-corrected chi connectivity index (χ1v) is 51.4. The van der Waals surface area contributed by atoms with E-state index >= 15 is 0 Å². The molecule has 0 saturated heterocycles. The molecule has 0 amide bonds. The normalized spacial score (nSPS) is 15.1. The average Bonchev–Trinajstić information content (AvgIpc) is 2.66.